The van der Waals surface area contributed by atoms with E-state index in [9.17, 15) is 0 Å². The smallest absolute Gasteiger partial charge is 0.0113 e. The molecule has 0 atom stereocenters. The first-order valence-electron chi connectivity index (χ1n) is 5.11. The van der Waals surface area contributed by atoms with E-state index in [4.69, 9.17) is 0 Å². The highest BCUT2D eigenvalue weighted by Crippen LogP contribution is 2.14. The lowest BCUT2D eigenvalue weighted by molar-refractivity contribution is 0.151. The molecule has 1 aliphatic heterocycles. The normalized spacial score (nSPS) is 21.2. The van der Waals surface area contributed by atoms with Crippen LogP contribution >= 0.6 is 11.8 Å². The molecule has 0 bridgehead atoms. The van der Waals surface area contributed by atoms with Gasteiger partial charge in [0, 0.05) is 18.3 Å². The molecular formula is C10H22N2S. The Morgan fingerprint density at radius 1 is 1.31 bits per heavy atom. The fraction of sp³-hybridized carbons (Fsp3) is 1.00. The second-order valence-electron chi connectivity index (χ2n) is 4.03. The summed E-state index contributed by atoms with van der Waals surface area (Å²) >= 11 is 1.95. The summed E-state index contributed by atoms with van der Waals surface area (Å²) in [5, 5.41) is 0. The van der Waals surface area contributed by atoms with Crippen LogP contribution in [0.15, 0.2) is 0 Å². The predicted molar refractivity (Wildman–Crippen MR) is 61.5 cm³/mol. The Balaban J connectivity index is 2.15. The van der Waals surface area contributed by atoms with E-state index < -0.39 is 0 Å². The lowest BCUT2D eigenvalue weighted by atomic mass is 10.0. The summed E-state index contributed by atoms with van der Waals surface area (Å²) < 4.78 is 0. The molecular weight excluding hydrogens is 180 g/mol. The third-order valence-electron chi connectivity index (χ3n) is 2.90. The van der Waals surface area contributed by atoms with Crippen molar-refractivity contribution in [2.75, 3.05) is 45.7 Å². The first-order chi connectivity index (χ1) is 6.24. The van der Waals surface area contributed by atoms with Gasteiger partial charge in [0.25, 0.3) is 0 Å². The molecule has 0 radical (unpaired) electrons. The summed E-state index contributed by atoms with van der Waals surface area (Å²) in [5.41, 5.74) is 0. The molecule has 0 aromatic rings. The number of hydrogen-bond acceptors (Lipinski definition) is 3. The van der Waals surface area contributed by atoms with E-state index in [2.05, 4.69) is 30.2 Å². The van der Waals surface area contributed by atoms with Gasteiger partial charge in [-0.2, -0.15) is 11.8 Å². The molecule has 78 valence electrons. The van der Waals surface area contributed by atoms with Crippen molar-refractivity contribution in [1.29, 1.82) is 0 Å². The quantitative estimate of drug-likeness (QED) is 0.680. The molecule has 1 heterocycles. The molecule has 0 aliphatic carbocycles. The van der Waals surface area contributed by atoms with Crippen LogP contribution in [-0.2, 0) is 0 Å². The second-order valence-corrected chi connectivity index (χ2v) is 5.01. The maximum Gasteiger partial charge on any atom is 0.0113 e. The SMILES string of the molecule is CSCCN1CCC(N(C)C)CC1. The maximum absolute atomic E-state index is 2.59. The van der Waals surface area contributed by atoms with Crippen LogP contribution in [0, 0.1) is 0 Å². The molecule has 2 nitrogen and oxygen atoms in total. The monoisotopic (exact) mass is 202 g/mol. The molecule has 1 rings (SSSR count). The average Bonchev–Trinajstić information content (AvgIpc) is 2.15. The lowest BCUT2D eigenvalue weighted by Gasteiger charge is -2.35. The zero-order chi connectivity index (χ0) is 9.68. The van der Waals surface area contributed by atoms with E-state index >= 15 is 0 Å². The van der Waals surface area contributed by atoms with Crippen LogP contribution < -0.4 is 0 Å². The van der Waals surface area contributed by atoms with Crippen LogP contribution in [0.1, 0.15) is 12.8 Å². The highest BCUT2D eigenvalue weighted by Gasteiger charge is 2.19. The van der Waals surface area contributed by atoms with Gasteiger partial charge in [-0.25, -0.2) is 0 Å². The second kappa shape index (κ2) is 5.89. The lowest BCUT2D eigenvalue weighted by Crippen LogP contribution is -2.42. The van der Waals surface area contributed by atoms with Gasteiger partial charge in [-0.3, -0.25) is 0 Å². The third kappa shape index (κ3) is 3.88. The number of thioether (sulfide) groups is 1. The Hall–Kier alpha value is 0.270. The standard InChI is InChI=1S/C10H22N2S/c1-11(2)10-4-6-12(7-5-10)8-9-13-3/h10H,4-9H2,1-3H3. The Labute approximate surface area is 86.7 Å². The predicted octanol–water partition coefficient (Wildman–Crippen LogP) is 1.38. The minimum Gasteiger partial charge on any atom is -0.306 e. The van der Waals surface area contributed by atoms with Crippen molar-refractivity contribution in [3.05, 3.63) is 0 Å². The molecule has 1 saturated heterocycles. The van der Waals surface area contributed by atoms with Gasteiger partial charge in [0.1, 0.15) is 0 Å². The summed E-state index contributed by atoms with van der Waals surface area (Å²) in [6, 6.07) is 0.825. The van der Waals surface area contributed by atoms with Crippen LogP contribution in [0.3, 0.4) is 0 Å². The number of hydrogen-bond donors (Lipinski definition) is 0. The van der Waals surface area contributed by atoms with Gasteiger partial charge in [-0.1, -0.05) is 0 Å². The van der Waals surface area contributed by atoms with Crippen LogP contribution in [0.25, 0.3) is 0 Å². The van der Waals surface area contributed by atoms with Gasteiger partial charge in [0.2, 0.25) is 0 Å². The molecule has 0 amide bonds. The van der Waals surface area contributed by atoms with E-state index in [1.807, 2.05) is 11.8 Å². The van der Waals surface area contributed by atoms with Gasteiger partial charge in [-0.15, -0.1) is 0 Å². The molecule has 1 aliphatic rings. The molecule has 13 heavy (non-hydrogen) atoms. The van der Waals surface area contributed by atoms with E-state index in [-0.39, 0.29) is 0 Å². The summed E-state index contributed by atoms with van der Waals surface area (Å²) in [4.78, 5) is 4.96. The highest BCUT2D eigenvalue weighted by molar-refractivity contribution is 7.98. The first-order valence-corrected chi connectivity index (χ1v) is 6.51. The van der Waals surface area contributed by atoms with Gasteiger partial charge >= 0.3 is 0 Å². The average molecular weight is 202 g/mol. The van der Waals surface area contributed by atoms with Gasteiger partial charge in [0.05, 0.1) is 0 Å². The summed E-state index contributed by atoms with van der Waals surface area (Å²) in [6.45, 7) is 3.87. The Morgan fingerprint density at radius 2 is 1.92 bits per heavy atom. The summed E-state index contributed by atoms with van der Waals surface area (Å²) in [5.74, 6) is 1.28. The topological polar surface area (TPSA) is 6.48 Å². The van der Waals surface area contributed by atoms with Crippen LogP contribution in [0.2, 0.25) is 0 Å². The molecule has 0 saturated carbocycles. The Bertz CT molecular complexity index is 131. The van der Waals surface area contributed by atoms with Crippen molar-refractivity contribution in [2.45, 2.75) is 18.9 Å². The van der Waals surface area contributed by atoms with Crippen molar-refractivity contribution in [2.24, 2.45) is 0 Å². The molecule has 0 aromatic heterocycles. The minimum atomic E-state index is 0.825. The van der Waals surface area contributed by atoms with Gasteiger partial charge in [0.15, 0.2) is 0 Å². The van der Waals surface area contributed by atoms with Crippen molar-refractivity contribution in [3.8, 4) is 0 Å². The first kappa shape index (κ1) is 11.3. The van der Waals surface area contributed by atoms with Gasteiger partial charge < -0.3 is 9.80 Å². The molecule has 0 unspecified atom stereocenters. The van der Waals surface area contributed by atoms with Crippen LogP contribution in [0.5, 0.6) is 0 Å². The fourth-order valence-electron chi connectivity index (χ4n) is 1.88. The molecule has 0 spiro atoms. The van der Waals surface area contributed by atoms with Crippen molar-refractivity contribution < 1.29 is 0 Å². The van der Waals surface area contributed by atoms with E-state index in [1.54, 1.807) is 0 Å². The summed E-state index contributed by atoms with van der Waals surface area (Å²) in [6.07, 6.45) is 4.88. The Kier molecular flexibility index (Phi) is 5.14. The van der Waals surface area contributed by atoms with Crippen molar-refractivity contribution in [3.63, 3.8) is 0 Å². The fourth-order valence-corrected chi connectivity index (χ4v) is 2.32. The van der Waals surface area contributed by atoms with Gasteiger partial charge in [-0.05, 0) is 46.3 Å². The number of piperidine rings is 1. The Morgan fingerprint density at radius 3 is 2.38 bits per heavy atom. The van der Waals surface area contributed by atoms with Crippen LogP contribution in [-0.4, -0.2) is 61.6 Å². The summed E-state index contributed by atoms with van der Waals surface area (Å²) in [7, 11) is 4.39. The van der Waals surface area contributed by atoms with E-state index in [0.717, 1.165) is 6.04 Å². The van der Waals surface area contributed by atoms with E-state index in [1.165, 1.54) is 38.2 Å². The molecule has 1 fully saturated rings. The van der Waals surface area contributed by atoms with Crippen molar-refractivity contribution >= 4 is 11.8 Å². The van der Waals surface area contributed by atoms with Crippen LogP contribution in [0.4, 0.5) is 0 Å². The van der Waals surface area contributed by atoms with E-state index in [0.29, 0.717) is 0 Å². The zero-order valence-corrected chi connectivity index (χ0v) is 9.94. The maximum atomic E-state index is 2.59. The number of rotatable bonds is 4. The third-order valence-corrected chi connectivity index (χ3v) is 3.49. The molecule has 0 aromatic carbocycles. The zero-order valence-electron chi connectivity index (χ0n) is 9.12. The molecule has 3 heteroatoms. The largest absolute Gasteiger partial charge is 0.306 e. The number of nitrogens with zero attached hydrogens (tertiary/aromatic N) is 2. The number of likely N-dealkylation sites (tertiary alicyclic amines) is 1. The van der Waals surface area contributed by atoms with Crippen molar-refractivity contribution in [1.82, 2.24) is 9.80 Å². The minimum absolute atomic E-state index is 0.825. The highest BCUT2D eigenvalue weighted by atomic mass is 32.2. The molecule has 0 N–H and O–H groups in total.